The van der Waals surface area contributed by atoms with E-state index in [-0.39, 0.29) is 41.5 Å². The molecule has 29 heavy (non-hydrogen) atoms. The van der Waals surface area contributed by atoms with Gasteiger partial charge in [-0.1, -0.05) is 47.9 Å². The summed E-state index contributed by atoms with van der Waals surface area (Å²) in [5.41, 5.74) is -0.662. The zero-order chi connectivity index (χ0) is 29.4. The topological polar surface area (TPSA) is 81.6 Å². The van der Waals surface area contributed by atoms with Crippen LogP contribution in [0.25, 0.3) is 11.1 Å². The number of halogens is 1. The molecule has 150 valence electrons. The smallest absolute Gasteiger partial charge is 0.335 e. The van der Waals surface area contributed by atoms with Gasteiger partial charge in [0.15, 0.2) is 0 Å². The lowest BCUT2D eigenvalue weighted by Crippen LogP contribution is -2.26. The predicted octanol–water partition coefficient (Wildman–Crippen LogP) is 4.44. The quantitative estimate of drug-likeness (QED) is 0.385. The summed E-state index contributed by atoms with van der Waals surface area (Å²) in [5, 5.41) is 24.5. The van der Waals surface area contributed by atoms with Gasteiger partial charge in [-0.15, -0.1) is 0 Å². The number of rotatable bonds is 9. The van der Waals surface area contributed by atoms with E-state index in [2.05, 4.69) is 10.6 Å². The molecule has 0 bridgehead atoms. The van der Waals surface area contributed by atoms with Crippen LogP contribution >= 0.6 is 11.6 Å². The molecule has 0 radical (unpaired) electrons. The fourth-order valence-electron chi connectivity index (χ4n) is 2.35. The highest BCUT2D eigenvalue weighted by Gasteiger charge is 2.07. The van der Waals surface area contributed by atoms with Gasteiger partial charge in [0.05, 0.1) is 22.6 Å². The first-order chi connectivity index (χ1) is 18.1. The van der Waals surface area contributed by atoms with Crippen molar-refractivity contribution < 1.29 is 28.7 Å². The normalized spacial score (nSPS) is 17.2. The molecule has 0 aliphatic heterocycles. The van der Waals surface area contributed by atoms with E-state index in [0.717, 1.165) is 0 Å². The van der Waals surface area contributed by atoms with E-state index in [1.165, 1.54) is 24.3 Å². The van der Waals surface area contributed by atoms with Gasteiger partial charge in [-0.25, -0.2) is 4.79 Å². The summed E-state index contributed by atoms with van der Waals surface area (Å²) in [6.07, 6.45) is -2.10. The van der Waals surface area contributed by atoms with Crippen LogP contribution in [0.2, 0.25) is 5.02 Å². The molecule has 4 N–H and O–H groups in total. The molecule has 0 aliphatic rings. The second-order valence-corrected chi connectivity index (χ2v) is 6.14. The minimum atomic E-state index is -2.63. The second kappa shape index (κ2) is 10.1. The van der Waals surface area contributed by atoms with Gasteiger partial charge in [-0.3, -0.25) is 0 Å². The van der Waals surface area contributed by atoms with Crippen molar-refractivity contribution >= 4 is 23.3 Å². The van der Waals surface area contributed by atoms with E-state index in [4.69, 9.17) is 25.3 Å². The fraction of sp³-hybridized carbons (Fsp3) is 0.174. The van der Waals surface area contributed by atoms with Crippen molar-refractivity contribution in [3.63, 3.8) is 0 Å². The third kappa shape index (κ3) is 6.06. The second-order valence-electron chi connectivity index (χ2n) is 5.76. The van der Waals surface area contributed by atoms with E-state index < -0.39 is 71.5 Å². The minimum absolute atomic E-state index is 0.0628. The summed E-state index contributed by atoms with van der Waals surface area (Å²) in [5.74, 6) is -1.22. The number of aliphatic hydroxyl groups is 1. The number of aromatic carboxylic acids is 1. The molecule has 0 saturated heterocycles. The third-order valence-corrected chi connectivity index (χ3v) is 3.89. The maximum Gasteiger partial charge on any atom is 0.335 e. The number of hydrogen-bond donors (Lipinski definition) is 4. The Morgan fingerprint density at radius 3 is 2.79 bits per heavy atom. The Labute approximate surface area is 189 Å². The van der Waals surface area contributed by atoms with Crippen LogP contribution in [0.5, 0.6) is 0 Å². The molecule has 3 aromatic rings. The van der Waals surface area contributed by atoms with Gasteiger partial charge in [-0.05, 0) is 53.0 Å². The molecule has 3 rings (SSSR count). The van der Waals surface area contributed by atoms with E-state index in [1.54, 1.807) is 0 Å². The van der Waals surface area contributed by atoms with Crippen LogP contribution < -0.4 is 10.6 Å². The van der Waals surface area contributed by atoms with E-state index >= 15 is 0 Å². The van der Waals surface area contributed by atoms with Crippen molar-refractivity contribution in [1.82, 2.24) is 5.32 Å². The van der Waals surface area contributed by atoms with Crippen LogP contribution in [0.15, 0.2) is 72.6 Å². The summed E-state index contributed by atoms with van der Waals surface area (Å²) < 4.78 is 80.8. The molecule has 6 heteroatoms. The SMILES string of the molecule is [2H]c1c([2H])c(NCCNC([2H])([2H])[C@H](O)c2c([2H])c([2H])c([2H])c(Cl)c2[2H])c([2H])c(-c2cccc(C(=O)O)c2)c1[2H]. The molecule has 0 aromatic heterocycles. The zero-order valence-corrected chi connectivity index (χ0v) is 15.7. The van der Waals surface area contributed by atoms with Gasteiger partial charge >= 0.3 is 5.97 Å². The molecular weight excluding hydrogens is 388 g/mol. The molecule has 0 unspecified atom stereocenters. The number of aliphatic hydroxyl groups excluding tert-OH is 1. The highest BCUT2D eigenvalue weighted by molar-refractivity contribution is 6.30. The van der Waals surface area contributed by atoms with Crippen molar-refractivity contribution in [2.75, 3.05) is 24.9 Å². The minimum Gasteiger partial charge on any atom is -0.478 e. The summed E-state index contributed by atoms with van der Waals surface area (Å²) >= 11 is 5.85. The van der Waals surface area contributed by atoms with Crippen LogP contribution in [-0.4, -0.2) is 35.8 Å². The maximum absolute atomic E-state index is 11.3. The average molecular weight is 421 g/mol. The number of nitrogens with one attached hydrogen (secondary N) is 2. The number of benzene rings is 3. The van der Waals surface area contributed by atoms with Gasteiger partial charge in [-0.2, -0.15) is 0 Å². The van der Waals surface area contributed by atoms with Gasteiger partial charge in [0.2, 0.25) is 0 Å². The van der Waals surface area contributed by atoms with Crippen LogP contribution in [0.1, 0.15) is 35.7 Å². The zero-order valence-electron chi connectivity index (χ0n) is 25.0. The lowest BCUT2D eigenvalue weighted by Gasteiger charge is -2.13. The Balaban J connectivity index is 1.83. The van der Waals surface area contributed by atoms with Crippen molar-refractivity contribution in [3.8, 4) is 11.1 Å². The first-order valence-electron chi connectivity index (χ1n) is 13.5. The summed E-state index contributed by atoms with van der Waals surface area (Å²) in [6, 6.07) is 1.16. The van der Waals surface area contributed by atoms with Gasteiger partial charge in [0.25, 0.3) is 0 Å². The first-order valence-corrected chi connectivity index (χ1v) is 8.86. The Bertz CT molecular complexity index is 1430. The van der Waals surface area contributed by atoms with Crippen molar-refractivity contribution in [2.24, 2.45) is 0 Å². The Hall–Kier alpha value is -2.86. The molecule has 3 aromatic carbocycles. The van der Waals surface area contributed by atoms with Crippen LogP contribution in [-0.2, 0) is 0 Å². The van der Waals surface area contributed by atoms with E-state index in [9.17, 15) is 15.0 Å². The van der Waals surface area contributed by atoms with Crippen molar-refractivity contribution in [1.29, 1.82) is 0 Å². The Morgan fingerprint density at radius 1 is 1.14 bits per heavy atom. The van der Waals surface area contributed by atoms with Crippen molar-refractivity contribution in [3.05, 3.63) is 88.8 Å². The third-order valence-electron chi connectivity index (χ3n) is 3.70. The highest BCUT2D eigenvalue weighted by Crippen LogP contribution is 2.23. The molecular formula is C23H23ClN2O3. The highest BCUT2D eigenvalue weighted by atomic mass is 35.5. The molecule has 0 fully saturated rings. The average Bonchev–Trinajstić information content (AvgIpc) is 2.89. The number of carboxylic acids is 1. The first kappa shape index (κ1) is 11.4. The molecule has 0 heterocycles. The molecule has 0 spiro atoms. The monoisotopic (exact) mass is 420 g/mol. The van der Waals surface area contributed by atoms with E-state index in [0.29, 0.717) is 0 Å². The van der Waals surface area contributed by atoms with Gasteiger partial charge in [0.1, 0.15) is 0 Å². The lowest BCUT2D eigenvalue weighted by molar-refractivity contribution is 0.0697. The molecule has 0 amide bonds. The van der Waals surface area contributed by atoms with Crippen molar-refractivity contribution in [2.45, 2.75) is 6.10 Å². The summed E-state index contributed by atoms with van der Waals surface area (Å²) in [4.78, 5) is 11.3. The van der Waals surface area contributed by atoms with Crippen LogP contribution in [0.3, 0.4) is 0 Å². The maximum atomic E-state index is 11.3. The number of carbonyl (C=O) groups is 1. The summed E-state index contributed by atoms with van der Waals surface area (Å²) in [7, 11) is 0. The summed E-state index contributed by atoms with van der Waals surface area (Å²) in [6.45, 7) is -2.98. The molecule has 1 atom stereocenters. The van der Waals surface area contributed by atoms with Crippen LogP contribution in [0.4, 0.5) is 5.69 Å². The predicted molar refractivity (Wildman–Crippen MR) is 117 cm³/mol. The number of hydrogen-bond acceptors (Lipinski definition) is 4. The molecule has 0 aliphatic carbocycles. The van der Waals surface area contributed by atoms with Gasteiger partial charge < -0.3 is 20.8 Å². The molecule has 5 nitrogen and oxygen atoms in total. The standard InChI is InChI=1S/C23H23ClN2O3/c24-20-8-2-6-18(13-20)22(27)15-25-10-11-26-21-9-3-5-17(14-21)16-4-1-7-19(12-16)23(28)29/h1-9,12-14,22,25-27H,10-11,15H2,(H,28,29)/t22-/m0/s1/i2D,3D,5D,6D,8D,9D,13D,14D,15D2. The van der Waals surface area contributed by atoms with Crippen LogP contribution in [0, 0.1) is 0 Å². The van der Waals surface area contributed by atoms with E-state index in [1.807, 2.05) is 0 Å². The lowest BCUT2D eigenvalue weighted by atomic mass is 10.0. The Kier molecular flexibility index (Phi) is 3.94. The molecule has 0 saturated carbocycles. The fourth-order valence-corrected chi connectivity index (χ4v) is 2.50. The Morgan fingerprint density at radius 2 is 1.97 bits per heavy atom. The van der Waals surface area contributed by atoms with Gasteiger partial charge in [0, 0.05) is 33.0 Å². The largest absolute Gasteiger partial charge is 0.478 e. The number of anilines is 1. The number of carboxylic acid groups (broad SMARTS) is 1.